The lowest BCUT2D eigenvalue weighted by atomic mass is 10.0. The van der Waals surface area contributed by atoms with Crippen molar-refractivity contribution < 1.29 is 19.4 Å². The van der Waals surface area contributed by atoms with Gasteiger partial charge in [-0.1, -0.05) is 78.3 Å². The maximum atomic E-state index is 12.5. The standard InChI is InChI=1S/C26H21ClN4O4/c1-16(21-4-2-3-5-22(21)27)35-26(34)29-23-15-28-31-30-25(23)20-12-10-19(11-13-20)18-8-6-17(7-9-18)14-24(32)33/h2-13,15-16H,14H2,1H3,(H,32,33)(H,29,31,34). The summed E-state index contributed by atoms with van der Waals surface area (Å²) < 4.78 is 5.48. The lowest BCUT2D eigenvalue weighted by molar-refractivity contribution is -0.136. The summed E-state index contributed by atoms with van der Waals surface area (Å²) in [5, 5.41) is 23.7. The molecule has 1 heterocycles. The monoisotopic (exact) mass is 488 g/mol. The minimum Gasteiger partial charge on any atom is -0.481 e. The van der Waals surface area contributed by atoms with E-state index in [1.807, 2.05) is 42.5 Å². The van der Waals surface area contributed by atoms with Crippen LogP contribution in [0.15, 0.2) is 79.0 Å². The zero-order valence-corrected chi connectivity index (χ0v) is 19.4. The van der Waals surface area contributed by atoms with Gasteiger partial charge in [0.1, 0.15) is 11.8 Å². The van der Waals surface area contributed by atoms with Crippen LogP contribution < -0.4 is 5.32 Å². The summed E-state index contributed by atoms with van der Waals surface area (Å²) in [6, 6.07) is 22.0. The normalized spacial score (nSPS) is 11.5. The number of aromatic nitrogens is 3. The maximum absolute atomic E-state index is 12.5. The Morgan fingerprint density at radius 3 is 2.26 bits per heavy atom. The number of halogens is 1. The number of rotatable bonds is 7. The average molecular weight is 489 g/mol. The number of hydrogen-bond donors (Lipinski definition) is 2. The van der Waals surface area contributed by atoms with Gasteiger partial charge < -0.3 is 9.84 Å². The first kappa shape index (κ1) is 23.8. The molecule has 1 amide bonds. The SMILES string of the molecule is CC(OC(=O)Nc1cnnnc1-c1ccc(-c2ccc(CC(=O)O)cc2)cc1)c1ccccc1Cl. The van der Waals surface area contributed by atoms with Gasteiger partial charge in [-0.15, -0.1) is 10.2 Å². The van der Waals surface area contributed by atoms with Crippen LogP contribution in [0.3, 0.4) is 0 Å². The Morgan fingerprint density at radius 1 is 0.971 bits per heavy atom. The molecule has 8 nitrogen and oxygen atoms in total. The van der Waals surface area contributed by atoms with Crippen molar-refractivity contribution in [3.8, 4) is 22.4 Å². The van der Waals surface area contributed by atoms with E-state index in [0.717, 1.165) is 22.3 Å². The van der Waals surface area contributed by atoms with Gasteiger partial charge in [-0.25, -0.2) is 4.79 Å². The summed E-state index contributed by atoms with van der Waals surface area (Å²) in [5.74, 6) is -0.868. The van der Waals surface area contributed by atoms with E-state index in [4.69, 9.17) is 21.4 Å². The third-order valence-corrected chi connectivity index (χ3v) is 5.65. The molecule has 0 radical (unpaired) electrons. The van der Waals surface area contributed by atoms with Crippen molar-refractivity contribution in [1.29, 1.82) is 0 Å². The van der Waals surface area contributed by atoms with Gasteiger partial charge in [-0.05, 0) is 34.9 Å². The molecule has 4 aromatic rings. The number of aliphatic carboxylic acids is 1. The minimum atomic E-state index is -0.868. The van der Waals surface area contributed by atoms with Gasteiger partial charge in [0.25, 0.3) is 0 Å². The maximum Gasteiger partial charge on any atom is 0.412 e. The number of hydrogen-bond acceptors (Lipinski definition) is 6. The van der Waals surface area contributed by atoms with Crippen molar-refractivity contribution in [3.63, 3.8) is 0 Å². The van der Waals surface area contributed by atoms with Crippen LogP contribution >= 0.6 is 11.6 Å². The molecule has 1 atom stereocenters. The quantitative estimate of drug-likeness (QED) is 0.338. The zero-order chi connectivity index (χ0) is 24.8. The molecule has 0 aliphatic rings. The molecule has 35 heavy (non-hydrogen) atoms. The van der Waals surface area contributed by atoms with Crippen molar-refractivity contribution in [2.45, 2.75) is 19.4 Å². The van der Waals surface area contributed by atoms with E-state index in [1.165, 1.54) is 6.20 Å². The lowest BCUT2D eigenvalue weighted by Crippen LogP contribution is -2.17. The molecule has 1 aromatic heterocycles. The summed E-state index contributed by atoms with van der Waals surface area (Å²) in [7, 11) is 0. The Labute approximate surface area is 206 Å². The predicted octanol–water partition coefficient (Wildman–Crippen LogP) is 5.80. The third kappa shape index (κ3) is 5.99. The first-order valence-corrected chi connectivity index (χ1v) is 11.1. The number of benzene rings is 3. The predicted molar refractivity (Wildman–Crippen MR) is 132 cm³/mol. The first-order valence-electron chi connectivity index (χ1n) is 10.7. The number of nitrogens with zero attached hydrogens (tertiary/aromatic N) is 3. The van der Waals surface area contributed by atoms with E-state index in [0.29, 0.717) is 22.0 Å². The molecule has 3 aromatic carbocycles. The minimum absolute atomic E-state index is 0.0185. The topological polar surface area (TPSA) is 114 Å². The molecule has 2 N–H and O–H groups in total. The summed E-state index contributed by atoms with van der Waals surface area (Å²) >= 11 is 6.19. The fourth-order valence-corrected chi connectivity index (χ4v) is 3.84. The third-order valence-electron chi connectivity index (χ3n) is 5.30. The molecule has 0 saturated carbocycles. The number of carboxylic acids is 1. The number of amides is 1. The molecule has 9 heteroatoms. The number of carbonyl (C=O) groups is 2. The molecular weight excluding hydrogens is 468 g/mol. The summed E-state index contributed by atoms with van der Waals surface area (Å²) in [5.41, 5.74) is 4.83. The van der Waals surface area contributed by atoms with E-state index in [1.54, 1.807) is 37.3 Å². The summed E-state index contributed by atoms with van der Waals surface area (Å²) in [4.78, 5) is 23.4. The molecule has 1 unspecified atom stereocenters. The van der Waals surface area contributed by atoms with Crippen LogP contribution in [0.1, 0.15) is 24.2 Å². The molecule has 0 spiro atoms. The van der Waals surface area contributed by atoms with Crippen LogP contribution in [0.5, 0.6) is 0 Å². The van der Waals surface area contributed by atoms with Crippen LogP contribution in [0.25, 0.3) is 22.4 Å². The van der Waals surface area contributed by atoms with E-state index in [9.17, 15) is 9.59 Å². The molecule has 0 fully saturated rings. The van der Waals surface area contributed by atoms with Gasteiger partial charge in [-0.2, -0.15) is 0 Å². The number of carboxylic acid groups (broad SMARTS) is 1. The fourth-order valence-electron chi connectivity index (χ4n) is 3.55. The fraction of sp³-hybridized carbons (Fsp3) is 0.115. The molecule has 0 saturated heterocycles. The van der Waals surface area contributed by atoms with Crippen LogP contribution in [0.2, 0.25) is 5.02 Å². The van der Waals surface area contributed by atoms with Gasteiger partial charge >= 0.3 is 12.1 Å². The number of anilines is 1. The van der Waals surface area contributed by atoms with E-state index in [2.05, 4.69) is 20.7 Å². The highest BCUT2D eigenvalue weighted by atomic mass is 35.5. The number of ether oxygens (including phenoxy) is 1. The van der Waals surface area contributed by atoms with Gasteiger partial charge in [0.05, 0.1) is 18.3 Å². The van der Waals surface area contributed by atoms with Crippen molar-refractivity contribution in [3.05, 3.63) is 95.1 Å². The van der Waals surface area contributed by atoms with E-state index >= 15 is 0 Å². The molecule has 0 aliphatic heterocycles. The number of nitrogens with one attached hydrogen (secondary N) is 1. The molecule has 176 valence electrons. The van der Waals surface area contributed by atoms with Gasteiger partial charge in [-0.3, -0.25) is 10.1 Å². The second kappa shape index (κ2) is 10.8. The number of carbonyl (C=O) groups excluding carboxylic acids is 1. The van der Waals surface area contributed by atoms with Crippen molar-refractivity contribution in [2.24, 2.45) is 0 Å². The van der Waals surface area contributed by atoms with Crippen molar-refractivity contribution in [1.82, 2.24) is 15.4 Å². The highest BCUT2D eigenvalue weighted by Crippen LogP contribution is 2.29. The smallest absolute Gasteiger partial charge is 0.412 e. The Hall–Kier alpha value is -4.30. The Balaban J connectivity index is 1.48. The van der Waals surface area contributed by atoms with E-state index < -0.39 is 18.2 Å². The van der Waals surface area contributed by atoms with Gasteiger partial charge in [0, 0.05) is 16.1 Å². The second-order valence-corrected chi connectivity index (χ2v) is 8.14. The highest BCUT2D eigenvalue weighted by Gasteiger charge is 2.17. The van der Waals surface area contributed by atoms with Crippen LogP contribution in [-0.2, 0) is 16.0 Å². The summed E-state index contributed by atoms with van der Waals surface area (Å²) in [6.45, 7) is 1.73. The van der Waals surface area contributed by atoms with Crippen LogP contribution in [0, 0.1) is 0 Å². The van der Waals surface area contributed by atoms with Gasteiger partial charge in [0.2, 0.25) is 0 Å². The van der Waals surface area contributed by atoms with Crippen molar-refractivity contribution >= 4 is 29.4 Å². The average Bonchev–Trinajstić information content (AvgIpc) is 2.85. The summed E-state index contributed by atoms with van der Waals surface area (Å²) in [6.07, 6.45) is 0.149. The molecular formula is C26H21ClN4O4. The molecule has 0 bridgehead atoms. The first-order chi connectivity index (χ1) is 16.9. The Bertz CT molecular complexity index is 1340. The van der Waals surface area contributed by atoms with Gasteiger partial charge in [0.15, 0.2) is 0 Å². The van der Waals surface area contributed by atoms with Crippen molar-refractivity contribution in [2.75, 3.05) is 5.32 Å². The van der Waals surface area contributed by atoms with E-state index in [-0.39, 0.29) is 6.42 Å². The van der Waals surface area contributed by atoms with Crippen LogP contribution in [0.4, 0.5) is 10.5 Å². The lowest BCUT2D eigenvalue weighted by Gasteiger charge is -2.16. The molecule has 4 rings (SSSR count). The largest absolute Gasteiger partial charge is 0.481 e. The van der Waals surface area contributed by atoms with Crippen LogP contribution in [-0.4, -0.2) is 32.6 Å². The second-order valence-electron chi connectivity index (χ2n) is 7.74. The Kier molecular flexibility index (Phi) is 7.32. The molecule has 0 aliphatic carbocycles. The highest BCUT2D eigenvalue weighted by molar-refractivity contribution is 6.31. The Morgan fingerprint density at radius 2 is 1.60 bits per heavy atom. The zero-order valence-electron chi connectivity index (χ0n) is 18.7.